The molecule has 1 aromatic rings. The van der Waals surface area contributed by atoms with Gasteiger partial charge < -0.3 is 91.9 Å². The Morgan fingerprint density at radius 1 is 0.792 bits per heavy atom. The Morgan fingerprint density at radius 3 is 2.05 bits per heavy atom. The Hall–Kier alpha value is -6.92. The Balaban J connectivity index is 2.40. The normalized spacial score (nSPS) is 15.5. The predicted molar refractivity (Wildman–Crippen MR) is 286 cm³/mol. The zero-order valence-electron chi connectivity index (χ0n) is 44.3. The first-order valence-corrected chi connectivity index (χ1v) is 26.3. The first kappa shape index (κ1) is 66.2. The number of likely N-dealkylation sites (tertiary alicyclic amines) is 1. The van der Waals surface area contributed by atoms with Gasteiger partial charge in [-0.05, 0) is 116 Å². The maximum atomic E-state index is 14.4. The summed E-state index contributed by atoms with van der Waals surface area (Å²) in [6, 6.07) is -5.84. The SMILES string of the molecule is CC[C@H](NC(=O)C[C@@H](O)CN)C(=O)NCC(=O)/N=C(\CCCN)C(=O)N1CCC[C@H]1C(=O)N[C@@H](Cc1cnc[nH]1)C(=O)N[C@@H](CCCCN)C(=O)N/C(=C\CCNC(=N)N)C(=O)N[C@@H](CCCCN)C(=O)NCCCCN. The van der Waals surface area contributed by atoms with Crippen molar-refractivity contribution >= 4 is 64.8 Å². The van der Waals surface area contributed by atoms with Crippen molar-refractivity contribution in [1.82, 2.24) is 57.4 Å². The number of nitrogens with one attached hydrogen (secondary N) is 10. The predicted octanol–water partition coefficient (Wildman–Crippen LogP) is -5.19. The third kappa shape index (κ3) is 25.7. The highest BCUT2D eigenvalue weighted by Gasteiger charge is 2.38. The van der Waals surface area contributed by atoms with E-state index in [9.17, 15) is 48.3 Å². The molecule has 1 saturated heterocycles. The molecule has 0 radical (unpaired) electrons. The van der Waals surface area contributed by atoms with Gasteiger partial charge in [-0.2, -0.15) is 0 Å². The minimum atomic E-state index is -1.36. The maximum Gasteiger partial charge on any atom is 0.269 e. The molecule has 77 heavy (non-hydrogen) atoms. The lowest BCUT2D eigenvalue weighted by atomic mass is 10.1. The lowest BCUT2D eigenvalue weighted by Crippen LogP contribution is -2.57. The smallest absolute Gasteiger partial charge is 0.269 e. The Bertz CT molecular complexity index is 2120. The van der Waals surface area contributed by atoms with Crippen LogP contribution in [0.1, 0.15) is 109 Å². The van der Waals surface area contributed by atoms with Gasteiger partial charge in [-0.3, -0.25) is 48.6 Å². The van der Waals surface area contributed by atoms with E-state index in [1.165, 1.54) is 23.5 Å². The summed E-state index contributed by atoms with van der Waals surface area (Å²) in [4.78, 5) is 135. The molecule has 1 aliphatic rings. The van der Waals surface area contributed by atoms with Crippen molar-refractivity contribution in [3.63, 3.8) is 0 Å². The molecule has 0 saturated carbocycles. The van der Waals surface area contributed by atoms with E-state index in [1.54, 1.807) is 6.92 Å². The molecule has 1 aromatic heterocycles. The van der Waals surface area contributed by atoms with Crippen molar-refractivity contribution in [3.8, 4) is 0 Å². The molecule has 29 nitrogen and oxygen atoms in total. The van der Waals surface area contributed by atoms with Crippen LogP contribution in [0.15, 0.2) is 29.3 Å². The van der Waals surface area contributed by atoms with Crippen LogP contribution in [0.3, 0.4) is 0 Å². The van der Waals surface area contributed by atoms with E-state index in [-0.39, 0.29) is 108 Å². The molecule has 2 rings (SSSR count). The van der Waals surface area contributed by atoms with Crippen LogP contribution in [0.4, 0.5) is 0 Å². The molecular formula is C48H85N19O10. The van der Waals surface area contributed by atoms with Gasteiger partial charge in [-0.25, -0.2) is 9.98 Å². The zero-order valence-corrected chi connectivity index (χ0v) is 44.3. The second-order valence-electron chi connectivity index (χ2n) is 18.4. The minimum Gasteiger partial charge on any atom is -0.391 e. The van der Waals surface area contributed by atoms with Gasteiger partial charge in [-0.1, -0.05) is 13.0 Å². The monoisotopic (exact) mass is 1090 g/mol. The van der Waals surface area contributed by atoms with Crippen molar-refractivity contribution in [2.45, 2.75) is 146 Å². The summed E-state index contributed by atoms with van der Waals surface area (Å²) in [7, 11) is 0. The summed E-state index contributed by atoms with van der Waals surface area (Å²) in [5.74, 6) is -6.88. The minimum absolute atomic E-state index is 0.0431. The van der Waals surface area contributed by atoms with E-state index in [2.05, 4.69) is 57.5 Å². The molecular weight excluding hydrogens is 1000 g/mol. The molecule has 0 spiro atoms. The van der Waals surface area contributed by atoms with Crippen LogP contribution in [0.5, 0.6) is 0 Å². The number of aromatic nitrogens is 2. The Morgan fingerprint density at radius 2 is 1.44 bits per heavy atom. The van der Waals surface area contributed by atoms with Crippen molar-refractivity contribution in [2.75, 3.05) is 58.9 Å². The van der Waals surface area contributed by atoms with Crippen LogP contribution >= 0.6 is 0 Å². The molecule has 29 heteroatoms. The topological polar surface area (TPSA) is 494 Å². The molecule has 0 aliphatic carbocycles. The first-order chi connectivity index (χ1) is 36.9. The fraction of sp³-hybridized carbons (Fsp3) is 0.667. The highest BCUT2D eigenvalue weighted by molar-refractivity contribution is 6.40. The van der Waals surface area contributed by atoms with Gasteiger partial charge in [0.05, 0.1) is 25.4 Å². The molecule has 0 bridgehead atoms. The number of aliphatic hydroxyl groups is 1. The number of unbranched alkanes of at least 4 members (excludes halogenated alkanes) is 3. The quantitative estimate of drug-likeness (QED) is 0.0127. The number of hydrogen-bond donors (Lipinski definition) is 17. The van der Waals surface area contributed by atoms with Gasteiger partial charge in [0.2, 0.25) is 35.4 Å². The number of nitrogens with two attached hydrogens (primary N) is 6. The summed E-state index contributed by atoms with van der Waals surface area (Å²) in [6.07, 6.45) is 7.09. The van der Waals surface area contributed by atoms with Gasteiger partial charge >= 0.3 is 0 Å². The number of aromatic amines is 1. The average molecular weight is 1090 g/mol. The largest absolute Gasteiger partial charge is 0.391 e. The summed E-state index contributed by atoms with van der Waals surface area (Å²) in [6.45, 7) is 2.55. The van der Waals surface area contributed by atoms with Crippen LogP contribution in [0.2, 0.25) is 0 Å². The lowest BCUT2D eigenvalue weighted by Gasteiger charge is -2.28. The second kappa shape index (κ2) is 37.8. The van der Waals surface area contributed by atoms with Crippen LogP contribution in [-0.4, -0.2) is 180 Å². The van der Waals surface area contributed by atoms with E-state index in [1.807, 2.05) is 0 Å². The van der Waals surface area contributed by atoms with E-state index in [0.717, 1.165) is 0 Å². The van der Waals surface area contributed by atoms with Crippen molar-refractivity contribution < 1.29 is 48.3 Å². The van der Waals surface area contributed by atoms with Crippen LogP contribution < -0.4 is 76.9 Å². The summed E-state index contributed by atoms with van der Waals surface area (Å²) in [5, 5.41) is 38.3. The fourth-order valence-electron chi connectivity index (χ4n) is 7.88. The van der Waals surface area contributed by atoms with Crippen molar-refractivity contribution in [1.29, 1.82) is 5.41 Å². The number of guanidine groups is 1. The molecule has 0 aromatic carbocycles. The van der Waals surface area contributed by atoms with Gasteiger partial charge in [-0.15, -0.1) is 0 Å². The third-order valence-electron chi connectivity index (χ3n) is 12.1. The number of aliphatic imine (C=N–C) groups is 1. The van der Waals surface area contributed by atoms with Crippen molar-refractivity contribution in [2.24, 2.45) is 39.4 Å². The van der Waals surface area contributed by atoms with Gasteiger partial charge in [0.15, 0.2) is 5.96 Å². The summed E-state index contributed by atoms with van der Waals surface area (Å²) < 4.78 is 0. The zero-order chi connectivity index (χ0) is 57.1. The molecule has 2 heterocycles. The van der Waals surface area contributed by atoms with Gasteiger partial charge in [0.25, 0.3) is 17.7 Å². The standard InChI is InChI=1S/C48H85N19O10/c1-2-32(61-39(69)25-31(68)26-53)41(71)59-28-40(70)62-36(14-9-20-52)47(77)67-23-11-16-38(67)46(76)66-37(24-30-27-56-29-60-30)45(75)65-34(13-4-6-18-50)43(73)64-35(15-10-22-58-48(54)55)44(74)63-33(12-3-5-17-49)42(72)57-21-8-7-19-51/h15,27,29,31-34,37-38,68H,2-14,16-26,28,49-53H2,1H3,(H,56,60)(H,57,72)(H,59,71)(H,61,69)(H,63,74)(H,64,73)(H,65,75)(H,66,76)(H4,54,55,58)/b35-15-,62-36+/t31-,32+,33+,34+,37+,38+/m1/s1. The van der Waals surface area contributed by atoms with Crippen LogP contribution in [0.25, 0.3) is 0 Å². The number of carbonyl (C=O) groups is 9. The summed E-state index contributed by atoms with van der Waals surface area (Å²) in [5.41, 5.74) is 33.6. The second-order valence-corrected chi connectivity index (χ2v) is 18.4. The van der Waals surface area contributed by atoms with E-state index < -0.39 is 96.0 Å². The lowest BCUT2D eigenvalue weighted by molar-refractivity contribution is -0.136. The Labute approximate surface area is 449 Å². The number of hydrogen-bond acceptors (Lipinski definition) is 17. The molecule has 0 unspecified atom stereocenters. The first-order valence-electron chi connectivity index (χ1n) is 26.3. The van der Waals surface area contributed by atoms with Gasteiger partial charge in [0, 0.05) is 44.5 Å². The average Bonchev–Trinajstić information content (AvgIpc) is 4.13. The van der Waals surface area contributed by atoms with Crippen LogP contribution in [0, 0.1) is 5.41 Å². The molecule has 1 aliphatic heterocycles. The number of aliphatic hydroxyl groups excluding tert-OH is 1. The summed E-state index contributed by atoms with van der Waals surface area (Å²) >= 11 is 0. The molecule has 1 fully saturated rings. The number of rotatable bonds is 38. The number of amides is 9. The van der Waals surface area contributed by atoms with Crippen LogP contribution in [-0.2, 0) is 49.6 Å². The van der Waals surface area contributed by atoms with E-state index in [0.29, 0.717) is 70.3 Å². The number of carbonyl (C=O) groups excluding carboxylic acids is 9. The highest BCUT2D eigenvalue weighted by atomic mass is 16.3. The van der Waals surface area contributed by atoms with Gasteiger partial charge in [0.1, 0.15) is 41.6 Å². The highest BCUT2D eigenvalue weighted by Crippen LogP contribution is 2.20. The molecule has 23 N–H and O–H groups in total. The Kier molecular flexibility index (Phi) is 32.5. The molecule has 432 valence electrons. The maximum absolute atomic E-state index is 14.4. The van der Waals surface area contributed by atoms with E-state index in [4.69, 9.17) is 39.8 Å². The fourth-order valence-corrected chi connectivity index (χ4v) is 7.88. The van der Waals surface area contributed by atoms with Crippen molar-refractivity contribution in [3.05, 3.63) is 30.0 Å². The third-order valence-corrected chi connectivity index (χ3v) is 12.1. The number of nitrogens with zero attached hydrogens (tertiary/aromatic N) is 3. The van der Waals surface area contributed by atoms with E-state index >= 15 is 0 Å². The number of imidazole rings is 1. The number of H-pyrrole nitrogens is 1. The molecule has 9 amide bonds. The molecule has 6 atom stereocenters.